The monoisotopic (exact) mass is 1070 g/mol. The van der Waals surface area contributed by atoms with Crippen LogP contribution in [0.5, 0.6) is 0 Å². The number of ether oxygens (including phenoxy) is 13. The maximum atomic E-state index is 12.5. The lowest BCUT2D eigenvalue weighted by atomic mass is 9.95. The predicted octanol–water partition coefficient (Wildman–Crippen LogP) is -12.4. The van der Waals surface area contributed by atoms with Gasteiger partial charge in [0, 0.05) is 14.2 Å². The minimum absolute atomic E-state index is 0.987. The summed E-state index contributed by atoms with van der Waals surface area (Å²) in [4.78, 5) is 61.6. The first-order valence-electron chi connectivity index (χ1n) is 21.4. The van der Waals surface area contributed by atoms with Crippen molar-refractivity contribution in [2.45, 2.75) is 184 Å². The largest absolute Gasteiger partial charge is 0.479 e. The standard InChI is InChI=1S/C37H54O36/c1-61-20-8(43)14(49)37(73-31(20)60)67-19-7(42)13(48)36(72-25(19)30(58)59)66-18-6(41)12(47)35(71-24(18)29(56)57)65-17-5(40)11(46)34(70-23(17)28(54)55)64-16-4(39)10(45)33(69-22(16)27(52)53)63-15-3(38)9(44)32(62-2)68-21(15)26(50)51/h3-25,31-49,60H,1-2H3,(H,50,51)(H,52,53)(H,54,55)(H,56,57)(H,58,59)/t3?,4-,5?,6+,7?,8-,9?,10?,11?,12?,13?,14?,15-,16-,17-,18-,19-,20-,21+,22?,23+,24?,25+,31?,32+,33+,34+,35+,36+,37+/m0/s1. The van der Waals surface area contributed by atoms with Gasteiger partial charge in [-0.1, -0.05) is 0 Å². The van der Waals surface area contributed by atoms with Crippen LogP contribution in [-0.2, 0) is 85.6 Å². The van der Waals surface area contributed by atoms with E-state index in [1.165, 1.54) is 0 Å². The van der Waals surface area contributed by atoms with Crippen molar-refractivity contribution in [3.05, 3.63) is 0 Å². The Morgan fingerprint density at radius 1 is 0.274 bits per heavy atom. The van der Waals surface area contributed by atoms with Crippen LogP contribution in [0.4, 0.5) is 0 Å². The molecule has 0 aromatic heterocycles. The van der Waals surface area contributed by atoms with Crippen LogP contribution in [0.3, 0.4) is 0 Å². The molecule has 6 rings (SSSR count). The number of carboxylic acids is 5. The third-order valence-corrected chi connectivity index (χ3v) is 12.4. The molecule has 30 atom stereocenters. The molecule has 0 radical (unpaired) electrons. The first kappa shape index (κ1) is 58.6. The van der Waals surface area contributed by atoms with Crippen molar-refractivity contribution in [1.82, 2.24) is 0 Å². The fourth-order valence-electron chi connectivity index (χ4n) is 8.54. The number of carboxylic acid groups (broad SMARTS) is 5. The highest BCUT2D eigenvalue weighted by Crippen LogP contribution is 2.37. The molecule has 6 aliphatic rings. The molecule has 0 aromatic carbocycles. The molecule has 0 bridgehead atoms. The van der Waals surface area contributed by atoms with Gasteiger partial charge < -0.3 is 153 Å². The Bertz CT molecular complexity index is 1930. The number of methoxy groups -OCH3 is 2. The Kier molecular flexibility index (Phi) is 19.0. The van der Waals surface area contributed by atoms with E-state index in [1.54, 1.807) is 0 Å². The molecular weight excluding hydrogens is 1020 g/mol. The molecule has 6 heterocycles. The number of aliphatic hydroxyl groups is 13. The van der Waals surface area contributed by atoms with Gasteiger partial charge in [0.15, 0.2) is 74.6 Å². The topological polar surface area (TPSA) is 569 Å². The molecule has 6 fully saturated rings. The third kappa shape index (κ3) is 11.7. The highest BCUT2D eigenvalue weighted by atomic mass is 16.8. The van der Waals surface area contributed by atoms with Crippen LogP contribution in [0.1, 0.15) is 0 Å². The molecule has 0 aromatic rings. The van der Waals surface area contributed by atoms with Gasteiger partial charge in [-0.3, -0.25) is 0 Å². The maximum Gasteiger partial charge on any atom is 0.335 e. The van der Waals surface area contributed by atoms with Crippen LogP contribution in [-0.4, -0.2) is 320 Å². The number of aliphatic hydroxyl groups excluding tert-OH is 13. The number of aliphatic carboxylic acids is 5. The second-order valence-electron chi connectivity index (χ2n) is 17.0. The van der Waals surface area contributed by atoms with Crippen molar-refractivity contribution in [2.24, 2.45) is 0 Å². The van der Waals surface area contributed by atoms with Gasteiger partial charge in [-0.2, -0.15) is 0 Å². The normalized spacial score (nSPS) is 49.6. The quantitative estimate of drug-likeness (QED) is 0.0643. The SMILES string of the molecule is CO[C@@H]1O[C@@H](C(=O)O)[C@@H](O[C@@H]2OC(C(=O)O)[C@@H](O[C@@H]3O[C@@H](C(=O)O)[C@@H](O[C@@H]4OC(C(=O)O)[C@@H](O[C@@H]5O[C@@H](C(=O)O)[C@@H](O[C@@H]6OC(O)[C@@H](OC)[C@@H](O)C6O)C(O)C5O)[C@H](O)C4O)C(O)C3O)[C@@H](O)C2O)C(O)C1O. The number of carbonyl (C=O) groups is 5. The highest BCUT2D eigenvalue weighted by molar-refractivity contribution is 5.75. The van der Waals surface area contributed by atoms with Crippen LogP contribution < -0.4 is 0 Å². The van der Waals surface area contributed by atoms with Crippen molar-refractivity contribution in [2.75, 3.05) is 14.2 Å². The number of hydrogen-bond donors (Lipinski definition) is 18. The first-order valence-corrected chi connectivity index (χ1v) is 21.4. The summed E-state index contributed by atoms with van der Waals surface area (Å²) in [6, 6.07) is 0. The molecule has 6 saturated heterocycles. The maximum absolute atomic E-state index is 12.5. The van der Waals surface area contributed by atoms with Gasteiger partial charge in [0.1, 0.15) is 110 Å². The van der Waals surface area contributed by atoms with E-state index in [2.05, 4.69) is 0 Å². The zero-order chi connectivity index (χ0) is 54.4. The lowest BCUT2D eigenvalue weighted by Crippen LogP contribution is -2.69. The summed E-state index contributed by atoms with van der Waals surface area (Å²) in [5, 5.41) is 190. The van der Waals surface area contributed by atoms with Crippen LogP contribution in [0, 0.1) is 0 Å². The number of hydrogen-bond acceptors (Lipinski definition) is 31. The molecule has 12 unspecified atom stereocenters. The Labute approximate surface area is 405 Å². The minimum atomic E-state index is -2.61. The zero-order valence-corrected chi connectivity index (χ0v) is 37.2. The van der Waals surface area contributed by atoms with E-state index in [0.717, 1.165) is 14.2 Å². The van der Waals surface area contributed by atoms with E-state index in [1.807, 2.05) is 0 Å². The summed E-state index contributed by atoms with van der Waals surface area (Å²) < 4.78 is 67.1. The van der Waals surface area contributed by atoms with Crippen LogP contribution in [0.2, 0.25) is 0 Å². The molecule has 0 spiro atoms. The molecule has 0 aliphatic carbocycles. The Morgan fingerprint density at radius 3 is 0.671 bits per heavy atom. The third-order valence-electron chi connectivity index (χ3n) is 12.4. The molecule has 36 heteroatoms. The Morgan fingerprint density at radius 2 is 0.466 bits per heavy atom. The number of rotatable bonds is 17. The smallest absolute Gasteiger partial charge is 0.335 e. The lowest BCUT2D eigenvalue weighted by molar-refractivity contribution is -0.391. The van der Waals surface area contributed by atoms with Crippen molar-refractivity contribution < 1.29 is 177 Å². The van der Waals surface area contributed by atoms with Crippen molar-refractivity contribution in [1.29, 1.82) is 0 Å². The van der Waals surface area contributed by atoms with Gasteiger partial charge >= 0.3 is 29.8 Å². The average Bonchev–Trinajstić information content (AvgIpc) is 3.32. The average molecular weight is 1070 g/mol. The fourth-order valence-corrected chi connectivity index (χ4v) is 8.54. The molecule has 0 saturated carbocycles. The van der Waals surface area contributed by atoms with Gasteiger partial charge in [0.25, 0.3) is 0 Å². The minimum Gasteiger partial charge on any atom is -0.479 e. The summed E-state index contributed by atoms with van der Waals surface area (Å²) >= 11 is 0. The highest BCUT2D eigenvalue weighted by Gasteiger charge is 2.60. The van der Waals surface area contributed by atoms with E-state index < -0.39 is 214 Å². The van der Waals surface area contributed by atoms with Crippen LogP contribution >= 0.6 is 0 Å². The van der Waals surface area contributed by atoms with Gasteiger partial charge in [-0.15, -0.1) is 0 Å². The summed E-state index contributed by atoms with van der Waals surface area (Å²) in [7, 11) is 2.02. The molecule has 73 heavy (non-hydrogen) atoms. The molecule has 18 N–H and O–H groups in total. The summed E-state index contributed by atoms with van der Waals surface area (Å²) in [5.41, 5.74) is 0. The van der Waals surface area contributed by atoms with E-state index in [9.17, 15) is 116 Å². The van der Waals surface area contributed by atoms with Gasteiger partial charge in [0.05, 0.1) is 0 Å². The molecule has 418 valence electrons. The second-order valence-corrected chi connectivity index (χ2v) is 17.0. The summed E-state index contributed by atoms with van der Waals surface area (Å²) in [6.07, 6.45) is -69.6. The first-order chi connectivity index (χ1) is 34.2. The Balaban J connectivity index is 1.13. The van der Waals surface area contributed by atoms with E-state index in [0.29, 0.717) is 0 Å². The van der Waals surface area contributed by atoms with Crippen molar-refractivity contribution in [3.8, 4) is 0 Å². The van der Waals surface area contributed by atoms with E-state index in [-0.39, 0.29) is 0 Å². The molecule has 6 aliphatic heterocycles. The van der Waals surface area contributed by atoms with Gasteiger partial charge in [-0.05, 0) is 0 Å². The fraction of sp³-hybridized carbons (Fsp3) is 0.865. The van der Waals surface area contributed by atoms with Gasteiger partial charge in [0.2, 0.25) is 0 Å². The lowest BCUT2D eigenvalue weighted by Gasteiger charge is -2.48. The second kappa shape index (κ2) is 23.7. The van der Waals surface area contributed by atoms with Crippen molar-refractivity contribution in [3.63, 3.8) is 0 Å². The summed E-state index contributed by atoms with van der Waals surface area (Å²) in [6.45, 7) is 0. The molecule has 36 nitrogen and oxygen atoms in total. The molecule has 0 amide bonds. The van der Waals surface area contributed by atoms with Gasteiger partial charge in [-0.25, -0.2) is 24.0 Å². The van der Waals surface area contributed by atoms with E-state index in [4.69, 9.17) is 61.6 Å². The predicted molar refractivity (Wildman–Crippen MR) is 207 cm³/mol. The molecular formula is C37H54O36. The Hall–Kier alpha value is -3.69. The van der Waals surface area contributed by atoms with Crippen LogP contribution in [0.15, 0.2) is 0 Å². The van der Waals surface area contributed by atoms with E-state index >= 15 is 0 Å². The van der Waals surface area contributed by atoms with Crippen LogP contribution in [0.25, 0.3) is 0 Å². The zero-order valence-electron chi connectivity index (χ0n) is 37.2. The summed E-state index contributed by atoms with van der Waals surface area (Å²) in [5.74, 6) is -9.99. The van der Waals surface area contributed by atoms with Crippen molar-refractivity contribution >= 4 is 29.8 Å².